The van der Waals surface area contributed by atoms with E-state index in [-0.39, 0.29) is 5.03 Å². The number of fused-ring (bicyclic) bond motifs is 8. The summed E-state index contributed by atoms with van der Waals surface area (Å²) in [5, 5.41) is 0.559. The average molecular weight is 585 g/mol. The summed E-state index contributed by atoms with van der Waals surface area (Å²) in [5.74, 6) is 0. The lowest BCUT2D eigenvalue weighted by molar-refractivity contribution is -0.104. The fourth-order valence-electron chi connectivity index (χ4n) is 5.34. The molecule has 2 N–H and O–H groups in total. The van der Waals surface area contributed by atoms with Crippen molar-refractivity contribution in [2.45, 2.75) is 0 Å². The first-order valence-corrected chi connectivity index (χ1v) is 14.1. The Kier molecular flexibility index (Phi) is 6.67. The van der Waals surface area contributed by atoms with Gasteiger partial charge in [0.05, 0.1) is 32.8 Å². The van der Waals surface area contributed by atoms with E-state index in [0.29, 0.717) is 22.7 Å². The van der Waals surface area contributed by atoms with E-state index in [1.807, 2.05) is 109 Å². The largest absolute Gasteiger partial charge is 0.354 e. The molecule has 0 radical (unpaired) electrons. The van der Waals surface area contributed by atoms with Gasteiger partial charge in [-0.3, -0.25) is 4.79 Å². The Morgan fingerprint density at radius 1 is 0.595 bits per heavy atom. The van der Waals surface area contributed by atoms with Gasteiger partial charge in [0, 0.05) is 38.8 Å². The van der Waals surface area contributed by atoms with Crippen LogP contribution in [0.1, 0.15) is 28.3 Å². The molecule has 0 amide bonds. The van der Waals surface area contributed by atoms with Crippen LogP contribution in [0.2, 0.25) is 5.02 Å². The minimum Gasteiger partial charge on any atom is -0.354 e. The third-order valence-corrected chi connectivity index (χ3v) is 7.84. The van der Waals surface area contributed by atoms with Gasteiger partial charge in [0.15, 0.2) is 6.29 Å². The van der Waals surface area contributed by atoms with Crippen molar-refractivity contribution in [1.82, 2.24) is 19.9 Å². The number of hydrogen-bond donors (Lipinski definition) is 2. The number of benzene rings is 2. The molecular formula is C35H22Cl2N4O. The van der Waals surface area contributed by atoms with Crippen molar-refractivity contribution in [1.29, 1.82) is 0 Å². The van der Waals surface area contributed by atoms with Crippen LogP contribution in [0.15, 0.2) is 90.0 Å². The predicted octanol–water partition coefficient (Wildman–Crippen LogP) is 9.42. The van der Waals surface area contributed by atoms with Crippen LogP contribution in [0.5, 0.6) is 0 Å². The van der Waals surface area contributed by atoms with E-state index in [2.05, 4.69) is 9.97 Å². The van der Waals surface area contributed by atoms with Crippen molar-refractivity contribution >= 4 is 81.9 Å². The van der Waals surface area contributed by atoms with Gasteiger partial charge in [0.25, 0.3) is 0 Å². The number of aromatic nitrogens is 4. The number of aromatic amines is 2. The molecule has 7 heteroatoms. The Morgan fingerprint density at radius 2 is 1.02 bits per heavy atom. The molecule has 202 valence electrons. The van der Waals surface area contributed by atoms with Crippen LogP contribution in [-0.4, -0.2) is 26.2 Å². The fourth-order valence-corrected chi connectivity index (χ4v) is 5.66. The highest BCUT2D eigenvalue weighted by Gasteiger charge is 2.17. The van der Waals surface area contributed by atoms with E-state index in [9.17, 15) is 4.79 Å². The summed E-state index contributed by atoms with van der Waals surface area (Å²) < 4.78 is 0. The van der Waals surface area contributed by atoms with E-state index in [1.54, 1.807) is 6.08 Å². The quantitative estimate of drug-likeness (QED) is 0.160. The second-order valence-corrected chi connectivity index (χ2v) is 10.7. The van der Waals surface area contributed by atoms with Crippen LogP contribution in [0, 0.1) is 0 Å². The summed E-state index contributed by atoms with van der Waals surface area (Å²) in [6, 6.07) is 28.1. The molecule has 2 aromatic carbocycles. The van der Waals surface area contributed by atoms with Crippen molar-refractivity contribution < 1.29 is 4.79 Å². The van der Waals surface area contributed by atoms with Crippen molar-refractivity contribution in [2.24, 2.45) is 0 Å². The smallest absolute Gasteiger partial charge is 0.161 e. The van der Waals surface area contributed by atoms with E-state index in [0.717, 1.165) is 61.3 Å². The van der Waals surface area contributed by atoms with E-state index >= 15 is 0 Å². The normalized spacial score (nSPS) is 12.6. The van der Waals surface area contributed by atoms with Gasteiger partial charge in [-0.25, -0.2) is 9.97 Å². The molecule has 3 aromatic heterocycles. The van der Waals surface area contributed by atoms with E-state index in [4.69, 9.17) is 33.2 Å². The highest BCUT2D eigenvalue weighted by atomic mass is 35.5. The van der Waals surface area contributed by atoms with Crippen molar-refractivity contribution in [3.05, 3.63) is 123 Å². The lowest BCUT2D eigenvalue weighted by Gasteiger charge is -2.04. The first-order valence-electron chi connectivity index (χ1n) is 13.3. The molecule has 0 fully saturated rings. The number of aldehydes is 1. The van der Waals surface area contributed by atoms with Gasteiger partial charge >= 0.3 is 0 Å². The van der Waals surface area contributed by atoms with Crippen molar-refractivity contribution in [3.8, 4) is 22.3 Å². The summed E-state index contributed by atoms with van der Waals surface area (Å²) in [4.78, 5) is 28.6. The van der Waals surface area contributed by atoms with Gasteiger partial charge in [0.1, 0.15) is 0 Å². The Balaban J connectivity index is 1.67. The minimum atomic E-state index is 0.0843. The molecule has 2 aliphatic heterocycles. The number of halogens is 2. The van der Waals surface area contributed by atoms with Crippen LogP contribution in [-0.2, 0) is 4.79 Å². The number of rotatable bonds is 4. The summed E-state index contributed by atoms with van der Waals surface area (Å²) in [5.41, 5.74) is 10.6. The number of nitrogens with zero attached hydrogens (tertiary/aromatic N) is 2. The molecule has 0 spiro atoms. The number of H-pyrrole nitrogens is 2. The summed E-state index contributed by atoms with van der Waals surface area (Å²) in [6.45, 7) is 0. The zero-order valence-corrected chi connectivity index (χ0v) is 23.6. The highest BCUT2D eigenvalue weighted by molar-refractivity contribution is 6.40. The molecule has 0 unspecified atom stereocenters. The van der Waals surface area contributed by atoms with Crippen molar-refractivity contribution in [3.63, 3.8) is 0 Å². The number of allylic oxidation sites excluding steroid dienone is 1. The molecule has 7 rings (SSSR count). The monoisotopic (exact) mass is 584 g/mol. The Hall–Kier alpha value is -4.97. The molecular weight excluding hydrogens is 563 g/mol. The first kappa shape index (κ1) is 26.0. The van der Waals surface area contributed by atoms with E-state index < -0.39 is 0 Å². The third-order valence-electron chi connectivity index (χ3n) is 7.25. The molecule has 5 nitrogen and oxygen atoms in total. The first-order chi connectivity index (χ1) is 20.6. The maximum atomic E-state index is 11.6. The fraction of sp³-hybridized carbons (Fsp3) is 0. The molecule has 42 heavy (non-hydrogen) atoms. The van der Waals surface area contributed by atoms with E-state index in [1.165, 1.54) is 0 Å². The lowest BCUT2D eigenvalue weighted by Crippen LogP contribution is -1.88. The molecule has 0 saturated heterocycles. The van der Waals surface area contributed by atoms with Gasteiger partial charge in [-0.15, -0.1) is 0 Å². The van der Waals surface area contributed by atoms with Gasteiger partial charge in [0.2, 0.25) is 0 Å². The summed E-state index contributed by atoms with van der Waals surface area (Å²) in [7, 11) is 0. The van der Waals surface area contributed by atoms with Crippen LogP contribution in [0.25, 0.3) is 74.7 Å². The zero-order valence-electron chi connectivity index (χ0n) is 22.1. The minimum absolute atomic E-state index is 0.0843. The number of carbonyl (C=O) groups is 1. The highest BCUT2D eigenvalue weighted by Crippen LogP contribution is 2.35. The predicted molar refractivity (Wildman–Crippen MR) is 175 cm³/mol. The summed E-state index contributed by atoms with van der Waals surface area (Å²) >= 11 is 13.2. The average Bonchev–Trinajstić information content (AvgIpc) is 3.85. The number of nitrogens with one attached hydrogen (secondary N) is 2. The number of carbonyl (C=O) groups excluding carboxylic acids is 1. The molecule has 5 heterocycles. The Morgan fingerprint density at radius 3 is 1.48 bits per heavy atom. The Labute approximate surface area is 251 Å². The molecule has 5 aromatic rings. The second kappa shape index (κ2) is 10.8. The van der Waals surface area contributed by atoms with Crippen molar-refractivity contribution in [2.75, 3.05) is 0 Å². The number of hydrogen-bond acceptors (Lipinski definition) is 3. The molecule has 0 aliphatic carbocycles. The standard InChI is InChI=1S/C35H22Cl2N4O/c36-23(20-42)19-24-25-11-13-27(38-25)33(21-7-3-1-4-8-21)29-15-17-31(40-29)35(37)32-18-16-30(41-32)34(22-9-5-2-6-10-22)28-14-12-26(24)39-28/h1-20,38-39H. The van der Waals surface area contributed by atoms with Crippen LogP contribution in [0.4, 0.5) is 0 Å². The van der Waals surface area contributed by atoms with Gasteiger partial charge < -0.3 is 9.97 Å². The molecule has 0 saturated carbocycles. The van der Waals surface area contributed by atoms with Crippen LogP contribution >= 0.6 is 23.2 Å². The maximum absolute atomic E-state index is 11.6. The summed E-state index contributed by atoms with van der Waals surface area (Å²) in [6.07, 6.45) is 10.1. The topological polar surface area (TPSA) is 74.4 Å². The second-order valence-electron chi connectivity index (χ2n) is 9.86. The van der Waals surface area contributed by atoms with Gasteiger partial charge in [-0.2, -0.15) is 0 Å². The van der Waals surface area contributed by atoms with Crippen LogP contribution < -0.4 is 0 Å². The SMILES string of the molecule is O=CC(Cl)=Cc1c2ccc([nH]2)c(-c2ccccc2)c2nc(c(Cl)c3nc(c(-c4ccccc4)c4ccc1[nH]4)C=C3)C=C2. The van der Waals surface area contributed by atoms with Gasteiger partial charge in [-0.1, -0.05) is 83.9 Å². The molecule has 8 bridgehead atoms. The van der Waals surface area contributed by atoms with Crippen LogP contribution in [0.3, 0.4) is 0 Å². The van der Waals surface area contributed by atoms with Gasteiger partial charge in [-0.05, 0) is 65.8 Å². The lowest BCUT2D eigenvalue weighted by atomic mass is 10.0. The Bertz CT molecular complexity index is 1980. The third kappa shape index (κ3) is 4.69. The zero-order chi connectivity index (χ0) is 28.6. The molecule has 2 aliphatic rings. The maximum Gasteiger partial charge on any atom is 0.161 e. The molecule has 0 atom stereocenters.